The van der Waals surface area contributed by atoms with E-state index in [2.05, 4.69) is 4.40 Å². The Morgan fingerprint density at radius 3 is 2.63 bits per heavy atom. The van der Waals surface area contributed by atoms with Crippen LogP contribution in [-0.4, -0.2) is 39.8 Å². The zero-order chi connectivity index (χ0) is 13.9. The minimum Gasteiger partial charge on any atom is -0.454 e. The monoisotopic (exact) mass is 283 g/mol. The summed E-state index contributed by atoms with van der Waals surface area (Å²) < 4.78 is 35.9. The van der Waals surface area contributed by atoms with Crippen LogP contribution >= 0.6 is 0 Å². The van der Waals surface area contributed by atoms with Gasteiger partial charge in [-0.05, 0) is 12.1 Å². The van der Waals surface area contributed by atoms with Crippen molar-refractivity contribution in [3.8, 4) is 0 Å². The van der Waals surface area contributed by atoms with Crippen molar-refractivity contribution >= 4 is 22.1 Å². The molecule has 1 aliphatic heterocycles. The van der Waals surface area contributed by atoms with Crippen molar-refractivity contribution in [2.45, 2.75) is 11.0 Å². The summed E-state index contributed by atoms with van der Waals surface area (Å²) in [5, 5.41) is 0. The fourth-order valence-corrected chi connectivity index (χ4v) is 2.33. The second-order valence-corrected chi connectivity index (χ2v) is 5.29. The van der Waals surface area contributed by atoms with Crippen LogP contribution in [0.15, 0.2) is 33.6 Å². The molecular formula is C11H9NO6S. The van der Waals surface area contributed by atoms with Gasteiger partial charge in [-0.1, -0.05) is 16.5 Å². The Labute approximate surface area is 108 Å². The van der Waals surface area contributed by atoms with Crippen LogP contribution in [0, 0.1) is 0 Å². The molecule has 1 heterocycles. The molecule has 0 saturated carbocycles. The molecule has 1 fully saturated rings. The molecule has 1 aromatic rings. The molecule has 0 spiro atoms. The molecule has 0 amide bonds. The standard InChI is InChI=1S/C11H9NO6S/c13-7-12-19(15,16)10-4-2-1-3-9(10)11(14)18-8-5-17-6-8/h1-4,8H,5-6H2. The molecule has 0 atom stereocenters. The summed E-state index contributed by atoms with van der Waals surface area (Å²) in [6, 6.07) is 5.35. The predicted molar refractivity (Wildman–Crippen MR) is 61.8 cm³/mol. The maximum absolute atomic E-state index is 11.8. The lowest BCUT2D eigenvalue weighted by molar-refractivity contribution is -0.103. The summed E-state index contributed by atoms with van der Waals surface area (Å²) >= 11 is 0. The average Bonchev–Trinajstić information content (AvgIpc) is 2.33. The van der Waals surface area contributed by atoms with Crippen LogP contribution in [0.25, 0.3) is 0 Å². The molecule has 0 N–H and O–H groups in total. The zero-order valence-electron chi connectivity index (χ0n) is 9.61. The van der Waals surface area contributed by atoms with Crippen molar-refractivity contribution < 1.29 is 27.5 Å². The molecule has 0 aliphatic carbocycles. The van der Waals surface area contributed by atoms with E-state index in [0.717, 1.165) is 6.08 Å². The van der Waals surface area contributed by atoms with Gasteiger partial charge in [0.1, 0.15) is 11.0 Å². The van der Waals surface area contributed by atoms with Crippen LogP contribution in [0.1, 0.15) is 10.4 Å². The molecule has 8 heteroatoms. The second-order valence-electron chi connectivity index (χ2n) is 3.72. The van der Waals surface area contributed by atoms with Gasteiger partial charge in [0.05, 0.1) is 18.8 Å². The summed E-state index contributed by atoms with van der Waals surface area (Å²) in [6.07, 6.45) is 0.574. The molecule has 0 radical (unpaired) electrons. The van der Waals surface area contributed by atoms with Crippen LogP contribution < -0.4 is 0 Å². The molecule has 0 unspecified atom stereocenters. The highest BCUT2D eigenvalue weighted by atomic mass is 32.2. The summed E-state index contributed by atoms with van der Waals surface area (Å²) in [5.41, 5.74) is -0.173. The molecule has 7 nitrogen and oxygen atoms in total. The molecule has 1 aromatic carbocycles. The summed E-state index contributed by atoms with van der Waals surface area (Å²) in [5.74, 6) is -0.798. The van der Waals surface area contributed by atoms with Gasteiger partial charge >= 0.3 is 5.97 Å². The first kappa shape index (κ1) is 13.4. The second kappa shape index (κ2) is 5.31. The zero-order valence-corrected chi connectivity index (χ0v) is 10.4. The van der Waals surface area contributed by atoms with Crippen molar-refractivity contribution in [3.63, 3.8) is 0 Å². The van der Waals surface area contributed by atoms with E-state index < -0.39 is 16.0 Å². The number of ether oxygens (including phenoxy) is 2. The van der Waals surface area contributed by atoms with Gasteiger partial charge in [-0.2, -0.15) is 8.42 Å². The SMILES string of the molecule is O=C=NS(=O)(=O)c1ccccc1C(=O)OC1COC1. The van der Waals surface area contributed by atoms with E-state index in [1.54, 1.807) is 0 Å². The van der Waals surface area contributed by atoms with Gasteiger partial charge in [-0.15, -0.1) is 0 Å². The first-order chi connectivity index (χ1) is 9.04. The molecule has 0 aromatic heterocycles. The largest absolute Gasteiger partial charge is 0.454 e. The fraction of sp³-hybridized carbons (Fsp3) is 0.273. The molecular weight excluding hydrogens is 274 g/mol. The quantitative estimate of drug-likeness (QED) is 0.446. The Bertz CT molecular complexity index is 643. The highest BCUT2D eigenvalue weighted by molar-refractivity contribution is 7.90. The number of hydrogen-bond donors (Lipinski definition) is 0. The smallest absolute Gasteiger partial charge is 0.339 e. The summed E-state index contributed by atoms with van der Waals surface area (Å²) in [6.45, 7) is 0.570. The number of esters is 1. The number of rotatable bonds is 4. The van der Waals surface area contributed by atoms with Crippen LogP contribution in [-0.2, 0) is 24.3 Å². The summed E-state index contributed by atoms with van der Waals surface area (Å²) in [7, 11) is -4.24. The topological polar surface area (TPSA) is 99.1 Å². The Morgan fingerprint density at radius 1 is 1.37 bits per heavy atom. The first-order valence-corrected chi connectivity index (χ1v) is 6.70. The number of isocyanates is 1. The number of carbonyl (C=O) groups is 1. The highest BCUT2D eigenvalue weighted by Gasteiger charge is 2.27. The van der Waals surface area contributed by atoms with Crippen molar-refractivity contribution in [2.24, 2.45) is 4.40 Å². The van der Waals surface area contributed by atoms with Gasteiger partial charge in [0.2, 0.25) is 0 Å². The maximum atomic E-state index is 11.8. The third-order valence-corrected chi connectivity index (χ3v) is 3.65. The van der Waals surface area contributed by atoms with E-state index in [0.29, 0.717) is 0 Å². The number of carbonyl (C=O) groups excluding carboxylic acids is 2. The van der Waals surface area contributed by atoms with Gasteiger partial charge in [-0.3, -0.25) is 0 Å². The molecule has 100 valence electrons. The van der Waals surface area contributed by atoms with Crippen LogP contribution in [0.2, 0.25) is 0 Å². The lowest BCUT2D eigenvalue weighted by atomic mass is 10.2. The molecule has 2 rings (SSSR count). The van der Waals surface area contributed by atoms with Crippen molar-refractivity contribution in [3.05, 3.63) is 29.8 Å². The molecule has 0 bridgehead atoms. The van der Waals surface area contributed by atoms with Gasteiger partial charge in [0.15, 0.2) is 0 Å². The lowest BCUT2D eigenvalue weighted by Crippen LogP contribution is -2.38. The van der Waals surface area contributed by atoms with E-state index >= 15 is 0 Å². The van der Waals surface area contributed by atoms with E-state index in [9.17, 15) is 18.0 Å². The van der Waals surface area contributed by atoms with Crippen LogP contribution in [0.4, 0.5) is 0 Å². The predicted octanol–water partition coefficient (Wildman–Crippen LogP) is 0.267. The third-order valence-electron chi connectivity index (χ3n) is 2.42. The molecule has 19 heavy (non-hydrogen) atoms. The average molecular weight is 283 g/mol. The molecule has 1 aliphatic rings. The highest BCUT2D eigenvalue weighted by Crippen LogP contribution is 2.20. The normalized spacial score (nSPS) is 15.2. The van der Waals surface area contributed by atoms with E-state index in [-0.39, 0.29) is 29.8 Å². The van der Waals surface area contributed by atoms with Crippen molar-refractivity contribution in [2.75, 3.05) is 13.2 Å². The molecule has 1 saturated heterocycles. The minimum atomic E-state index is -4.24. The van der Waals surface area contributed by atoms with Crippen molar-refractivity contribution in [1.29, 1.82) is 0 Å². The summed E-state index contributed by atoms with van der Waals surface area (Å²) in [4.78, 5) is 21.6. The van der Waals surface area contributed by atoms with E-state index in [1.165, 1.54) is 24.3 Å². The van der Waals surface area contributed by atoms with Gasteiger partial charge in [0, 0.05) is 0 Å². The van der Waals surface area contributed by atoms with Crippen molar-refractivity contribution in [1.82, 2.24) is 0 Å². The Morgan fingerprint density at radius 2 is 2.05 bits per heavy atom. The first-order valence-electron chi connectivity index (χ1n) is 5.26. The van der Waals surface area contributed by atoms with E-state index in [4.69, 9.17) is 9.47 Å². The maximum Gasteiger partial charge on any atom is 0.339 e. The van der Waals surface area contributed by atoms with Gasteiger partial charge in [-0.25, -0.2) is 9.59 Å². The van der Waals surface area contributed by atoms with Crippen LogP contribution in [0.3, 0.4) is 0 Å². The Balaban J connectivity index is 2.35. The number of hydrogen-bond acceptors (Lipinski definition) is 6. The Kier molecular flexibility index (Phi) is 3.75. The Hall–Kier alpha value is -2.02. The van der Waals surface area contributed by atoms with Crippen LogP contribution in [0.5, 0.6) is 0 Å². The van der Waals surface area contributed by atoms with Gasteiger partial charge < -0.3 is 9.47 Å². The fourth-order valence-electron chi connectivity index (χ4n) is 1.46. The van der Waals surface area contributed by atoms with E-state index in [1.807, 2.05) is 0 Å². The third kappa shape index (κ3) is 2.87. The number of nitrogens with zero attached hydrogens (tertiary/aromatic N) is 1. The minimum absolute atomic E-state index is 0.173. The van der Waals surface area contributed by atoms with Gasteiger partial charge in [0.25, 0.3) is 16.1 Å². The number of sulfonamides is 1. The lowest BCUT2D eigenvalue weighted by Gasteiger charge is -2.25. The number of benzene rings is 1.